The standard InChI is InChI=1S/C22H23N3O3S/c1-16-13-20(10-11-21(16)26)25(15-17-5-4-12-23-14-17)19-7-3-6-18(8-9-19)22(27)24-29(2)28/h3-14,18,26H,15H2,1-2H3,(H,24,27). The summed E-state index contributed by atoms with van der Waals surface area (Å²) in [6.07, 6.45) is 14.1. The van der Waals surface area contributed by atoms with E-state index in [-0.39, 0.29) is 11.7 Å². The molecule has 2 unspecified atom stereocenters. The second-order valence-corrected chi connectivity index (χ2v) is 7.81. The Bertz CT molecular complexity index is 1000. The molecule has 1 aromatic heterocycles. The lowest BCUT2D eigenvalue weighted by Crippen LogP contribution is -2.29. The average Bonchev–Trinajstić information content (AvgIpc) is 2.95. The number of allylic oxidation sites excluding steroid dienone is 3. The number of pyridine rings is 1. The zero-order chi connectivity index (χ0) is 20.8. The molecule has 29 heavy (non-hydrogen) atoms. The first-order chi connectivity index (χ1) is 13.9. The number of aryl methyl sites for hydroxylation is 1. The van der Waals surface area contributed by atoms with E-state index in [1.54, 1.807) is 24.4 Å². The van der Waals surface area contributed by atoms with E-state index in [9.17, 15) is 14.1 Å². The number of carbonyl (C=O) groups is 1. The number of anilines is 1. The van der Waals surface area contributed by atoms with Gasteiger partial charge in [-0.05, 0) is 54.5 Å². The molecule has 0 spiro atoms. The maximum absolute atomic E-state index is 12.2. The van der Waals surface area contributed by atoms with Gasteiger partial charge in [0.05, 0.1) is 5.92 Å². The van der Waals surface area contributed by atoms with Crippen molar-refractivity contribution in [3.05, 3.63) is 89.9 Å². The minimum absolute atomic E-state index is 0.240. The van der Waals surface area contributed by atoms with Crippen LogP contribution < -0.4 is 9.62 Å². The van der Waals surface area contributed by atoms with Crippen LogP contribution in [0, 0.1) is 12.8 Å². The fourth-order valence-corrected chi connectivity index (χ4v) is 3.39. The monoisotopic (exact) mass is 409 g/mol. The molecule has 0 radical (unpaired) electrons. The van der Waals surface area contributed by atoms with Crippen molar-refractivity contribution < 1.29 is 14.1 Å². The summed E-state index contributed by atoms with van der Waals surface area (Å²) in [4.78, 5) is 18.5. The van der Waals surface area contributed by atoms with Crippen LogP contribution in [0.15, 0.2) is 78.8 Å². The van der Waals surface area contributed by atoms with Crippen LogP contribution in [0.3, 0.4) is 0 Å². The number of aromatic hydroxyl groups is 1. The molecule has 0 bridgehead atoms. The Morgan fingerprint density at radius 1 is 1.31 bits per heavy atom. The molecule has 6 nitrogen and oxygen atoms in total. The topological polar surface area (TPSA) is 82.5 Å². The van der Waals surface area contributed by atoms with E-state index in [4.69, 9.17) is 0 Å². The molecular weight excluding hydrogens is 386 g/mol. The van der Waals surface area contributed by atoms with Crippen molar-refractivity contribution in [2.75, 3.05) is 11.2 Å². The zero-order valence-electron chi connectivity index (χ0n) is 16.3. The van der Waals surface area contributed by atoms with Crippen LogP contribution in [0.5, 0.6) is 5.75 Å². The molecule has 1 heterocycles. The van der Waals surface area contributed by atoms with E-state index in [1.165, 1.54) is 6.26 Å². The van der Waals surface area contributed by atoms with E-state index >= 15 is 0 Å². The molecule has 2 aromatic rings. The van der Waals surface area contributed by atoms with E-state index in [1.807, 2.05) is 55.6 Å². The number of nitrogens with zero attached hydrogens (tertiary/aromatic N) is 2. The van der Waals surface area contributed by atoms with Crippen LogP contribution >= 0.6 is 0 Å². The lowest BCUT2D eigenvalue weighted by Gasteiger charge is -2.26. The van der Waals surface area contributed by atoms with E-state index in [0.717, 1.165) is 22.5 Å². The molecule has 2 N–H and O–H groups in total. The fraction of sp³-hybridized carbons (Fsp3) is 0.182. The molecule has 1 aliphatic rings. The van der Waals surface area contributed by atoms with Gasteiger partial charge in [-0.25, -0.2) is 4.21 Å². The van der Waals surface area contributed by atoms with Gasteiger partial charge in [-0.15, -0.1) is 0 Å². The highest BCUT2D eigenvalue weighted by Gasteiger charge is 2.17. The number of hydrogen-bond acceptors (Lipinski definition) is 5. The number of phenols is 1. The molecule has 1 aromatic carbocycles. The molecule has 1 amide bonds. The van der Waals surface area contributed by atoms with Crippen molar-refractivity contribution in [2.24, 2.45) is 5.92 Å². The van der Waals surface area contributed by atoms with Crippen LogP contribution in [-0.2, 0) is 22.3 Å². The third-order valence-corrected chi connectivity index (χ3v) is 4.96. The van der Waals surface area contributed by atoms with Crippen LogP contribution in [0.1, 0.15) is 11.1 Å². The zero-order valence-corrected chi connectivity index (χ0v) is 17.1. The van der Waals surface area contributed by atoms with Gasteiger partial charge in [0.15, 0.2) is 0 Å². The Balaban J connectivity index is 1.92. The summed E-state index contributed by atoms with van der Waals surface area (Å²) >= 11 is 0. The smallest absolute Gasteiger partial charge is 0.242 e. The molecule has 2 atom stereocenters. The van der Waals surface area contributed by atoms with Crippen molar-refractivity contribution in [2.45, 2.75) is 13.5 Å². The van der Waals surface area contributed by atoms with Crippen LogP contribution in [0.25, 0.3) is 0 Å². The number of rotatable bonds is 6. The van der Waals surface area contributed by atoms with Crippen molar-refractivity contribution in [3.63, 3.8) is 0 Å². The van der Waals surface area contributed by atoms with Crippen molar-refractivity contribution >= 4 is 22.6 Å². The number of aromatic nitrogens is 1. The lowest BCUT2D eigenvalue weighted by molar-refractivity contribution is -0.120. The number of carbonyl (C=O) groups excluding carboxylic acids is 1. The third-order valence-electron chi connectivity index (χ3n) is 4.47. The van der Waals surface area contributed by atoms with Crippen molar-refractivity contribution in [1.29, 1.82) is 0 Å². The molecule has 7 heteroatoms. The van der Waals surface area contributed by atoms with Gasteiger partial charge in [-0.1, -0.05) is 24.3 Å². The molecular formula is C22H23N3O3S. The number of phenolic OH excluding ortho intramolecular Hbond substituents is 1. The largest absolute Gasteiger partial charge is 0.508 e. The summed E-state index contributed by atoms with van der Waals surface area (Å²) < 4.78 is 13.7. The first kappa shape index (κ1) is 20.5. The van der Waals surface area contributed by atoms with Crippen LogP contribution in [0.4, 0.5) is 5.69 Å². The Morgan fingerprint density at radius 3 is 2.83 bits per heavy atom. The first-order valence-corrected chi connectivity index (χ1v) is 10.7. The Labute approximate surface area is 172 Å². The Kier molecular flexibility index (Phi) is 6.61. The summed E-state index contributed by atoms with van der Waals surface area (Å²) in [5.41, 5.74) is 3.58. The number of amides is 1. The minimum atomic E-state index is -1.41. The van der Waals surface area contributed by atoms with Gasteiger partial charge >= 0.3 is 0 Å². The second kappa shape index (κ2) is 9.34. The van der Waals surface area contributed by atoms with Crippen molar-refractivity contribution in [1.82, 2.24) is 9.71 Å². The van der Waals surface area contributed by atoms with E-state index in [2.05, 4.69) is 14.6 Å². The molecule has 1 aliphatic carbocycles. The highest BCUT2D eigenvalue weighted by molar-refractivity contribution is 7.82. The Hall–Kier alpha value is -3.19. The SMILES string of the molecule is Cc1cc(N(Cc2cccnc2)C2=CC=CC(C(=O)NS(C)=O)C=C2)ccc1O. The number of nitrogens with one attached hydrogen (secondary N) is 1. The minimum Gasteiger partial charge on any atom is -0.508 e. The van der Waals surface area contributed by atoms with E-state index in [0.29, 0.717) is 6.54 Å². The predicted molar refractivity (Wildman–Crippen MR) is 115 cm³/mol. The molecule has 0 fully saturated rings. The fourth-order valence-electron chi connectivity index (χ4n) is 2.97. The van der Waals surface area contributed by atoms with Gasteiger partial charge in [0.2, 0.25) is 5.91 Å². The Morgan fingerprint density at radius 2 is 2.14 bits per heavy atom. The quantitative estimate of drug-likeness (QED) is 0.766. The maximum Gasteiger partial charge on any atom is 0.242 e. The summed E-state index contributed by atoms with van der Waals surface area (Å²) in [5.74, 6) is -0.577. The van der Waals surface area contributed by atoms with Crippen molar-refractivity contribution in [3.8, 4) is 5.75 Å². The van der Waals surface area contributed by atoms with Gasteiger partial charge in [-0.2, -0.15) is 0 Å². The van der Waals surface area contributed by atoms with E-state index < -0.39 is 16.9 Å². The van der Waals surface area contributed by atoms with Gasteiger partial charge in [0.25, 0.3) is 0 Å². The van der Waals surface area contributed by atoms with Gasteiger partial charge in [0, 0.05) is 36.6 Å². The van der Waals surface area contributed by atoms with Gasteiger partial charge in [-0.3, -0.25) is 14.5 Å². The summed E-state index contributed by atoms with van der Waals surface area (Å²) in [5, 5.41) is 9.90. The normalized spacial score (nSPS) is 16.6. The molecule has 0 saturated carbocycles. The van der Waals surface area contributed by atoms with Gasteiger partial charge in [0.1, 0.15) is 16.7 Å². The first-order valence-electron chi connectivity index (χ1n) is 9.10. The average molecular weight is 410 g/mol. The molecule has 3 rings (SSSR count). The second-order valence-electron chi connectivity index (χ2n) is 6.70. The summed E-state index contributed by atoms with van der Waals surface area (Å²) in [6.45, 7) is 2.42. The predicted octanol–water partition coefficient (Wildman–Crippen LogP) is 3.14. The summed E-state index contributed by atoms with van der Waals surface area (Å²) in [6, 6.07) is 9.32. The number of benzene rings is 1. The molecule has 0 saturated heterocycles. The highest BCUT2D eigenvalue weighted by atomic mass is 32.2. The maximum atomic E-state index is 12.2. The number of hydrogen-bond donors (Lipinski definition) is 2. The van der Waals surface area contributed by atoms with Gasteiger partial charge < -0.3 is 10.0 Å². The lowest BCUT2D eigenvalue weighted by atomic mass is 10.1. The summed E-state index contributed by atoms with van der Waals surface area (Å²) in [7, 11) is -1.41. The molecule has 150 valence electrons. The van der Waals surface area contributed by atoms with Crippen LogP contribution in [-0.4, -0.2) is 26.5 Å². The third kappa shape index (κ3) is 5.42. The molecule has 0 aliphatic heterocycles. The highest BCUT2D eigenvalue weighted by Crippen LogP contribution is 2.28. The van der Waals surface area contributed by atoms with Crippen LogP contribution in [0.2, 0.25) is 0 Å².